The van der Waals surface area contributed by atoms with E-state index in [0.717, 1.165) is 29.9 Å². The first-order valence-corrected chi connectivity index (χ1v) is 7.25. The molecule has 2 aromatic carbocycles. The summed E-state index contributed by atoms with van der Waals surface area (Å²) in [4.78, 5) is 14.2. The standard InChI is InChI=1S/C17H17N3O/c1-18-16-13-7-6-12(10-14(13)19-17(16)21)20-9-8-11-4-2-3-5-15(11)20/h2-7,10,16,18H,8-9H2,1H3,(H,19,21). The minimum atomic E-state index is -0.236. The average Bonchev–Trinajstić information content (AvgIpc) is 3.06. The van der Waals surface area contributed by atoms with E-state index < -0.39 is 0 Å². The van der Waals surface area contributed by atoms with Gasteiger partial charge < -0.3 is 15.5 Å². The SMILES string of the molecule is CNC1C(=O)Nc2cc(N3CCc4ccccc43)ccc21. The molecule has 4 rings (SSSR count). The molecule has 0 bridgehead atoms. The second kappa shape index (κ2) is 4.60. The van der Waals surface area contributed by atoms with Gasteiger partial charge in [0, 0.05) is 29.2 Å². The normalized spacial score (nSPS) is 19.4. The monoisotopic (exact) mass is 279 g/mol. The van der Waals surface area contributed by atoms with Crippen molar-refractivity contribution in [1.82, 2.24) is 5.32 Å². The number of likely N-dealkylation sites (N-methyl/N-ethyl adjacent to an activating group) is 1. The molecule has 0 aliphatic carbocycles. The maximum absolute atomic E-state index is 11.9. The highest BCUT2D eigenvalue weighted by Crippen LogP contribution is 2.39. The lowest BCUT2D eigenvalue weighted by atomic mass is 10.1. The Morgan fingerprint density at radius 3 is 2.95 bits per heavy atom. The highest BCUT2D eigenvalue weighted by molar-refractivity contribution is 6.03. The molecule has 0 saturated carbocycles. The van der Waals surface area contributed by atoms with E-state index in [2.05, 4.69) is 51.9 Å². The fraction of sp³-hybridized carbons (Fsp3) is 0.235. The molecule has 0 radical (unpaired) electrons. The molecule has 106 valence electrons. The second-order valence-electron chi connectivity index (χ2n) is 5.51. The van der Waals surface area contributed by atoms with Crippen molar-refractivity contribution >= 4 is 23.0 Å². The summed E-state index contributed by atoms with van der Waals surface area (Å²) in [5.41, 5.74) is 5.73. The molecule has 2 aromatic rings. The molecular weight excluding hydrogens is 262 g/mol. The Bertz CT molecular complexity index is 726. The van der Waals surface area contributed by atoms with Gasteiger partial charge in [0.1, 0.15) is 6.04 Å². The van der Waals surface area contributed by atoms with Gasteiger partial charge in [0.05, 0.1) is 0 Å². The maximum atomic E-state index is 11.9. The molecular formula is C17H17N3O. The van der Waals surface area contributed by atoms with Gasteiger partial charge in [-0.1, -0.05) is 24.3 Å². The Kier molecular flexibility index (Phi) is 2.72. The van der Waals surface area contributed by atoms with Crippen LogP contribution in [0.3, 0.4) is 0 Å². The van der Waals surface area contributed by atoms with Crippen LogP contribution >= 0.6 is 0 Å². The summed E-state index contributed by atoms with van der Waals surface area (Å²) < 4.78 is 0. The Morgan fingerprint density at radius 2 is 2.10 bits per heavy atom. The number of carbonyl (C=O) groups excluding carboxylic acids is 1. The molecule has 1 unspecified atom stereocenters. The van der Waals surface area contributed by atoms with Crippen molar-refractivity contribution in [3.8, 4) is 0 Å². The van der Waals surface area contributed by atoms with Crippen LogP contribution in [0.25, 0.3) is 0 Å². The van der Waals surface area contributed by atoms with Crippen LogP contribution in [0.4, 0.5) is 17.1 Å². The zero-order chi connectivity index (χ0) is 14.4. The van der Waals surface area contributed by atoms with Crippen LogP contribution in [0.15, 0.2) is 42.5 Å². The number of carbonyl (C=O) groups is 1. The number of benzene rings is 2. The Labute approximate surface area is 123 Å². The molecule has 0 saturated heterocycles. The van der Waals surface area contributed by atoms with Crippen molar-refractivity contribution in [2.75, 3.05) is 23.8 Å². The van der Waals surface area contributed by atoms with Gasteiger partial charge in [0.25, 0.3) is 0 Å². The fourth-order valence-electron chi connectivity index (χ4n) is 3.31. The molecule has 2 aliphatic rings. The van der Waals surface area contributed by atoms with Crippen LogP contribution in [0.1, 0.15) is 17.2 Å². The van der Waals surface area contributed by atoms with E-state index in [9.17, 15) is 4.79 Å². The summed E-state index contributed by atoms with van der Waals surface area (Å²) >= 11 is 0. The minimum absolute atomic E-state index is 0.0199. The predicted octanol–water partition coefficient (Wildman–Crippen LogP) is 2.59. The fourth-order valence-corrected chi connectivity index (χ4v) is 3.31. The average molecular weight is 279 g/mol. The van der Waals surface area contributed by atoms with Crippen molar-refractivity contribution in [1.29, 1.82) is 0 Å². The second-order valence-corrected chi connectivity index (χ2v) is 5.51. The van der Waals surface area contributed by atoms with Crippen molar-refractivity contribution in [3.63, 3.8) is 0 Å². The lowest BCUT2D eigenvalue weighted by molar-refractivity contribution is -0.117. The van der Waals surface area contributed by atoms with Crippen LogP contribution in [0, 0.1) is 0 Å². The first kappa shape index (κ1) is 12.4. The van der Waals surface area contributed by atoms with Crippen LogP contribution < -0.4 is 15.5 Å². The van der Waals surface area contributed by atoms with E-state index in [1.165, 1.54) is 11.3 Å². The number of fused-ring (bicyclic) bond motifs is 2. The zero-order valence-corrected chi connectivity index (χ0v) is 11.9. The molecule has 2 N–H and O–H groups in total. The van der Waals surface area contributed by atoms with Gasteiger partial charge in [0.15, 0.2) is 0 Å². The van der Waals surface area contributed by atoms with E-state index in [4.69, 9.17) is 0 Å². The zero-order valence-electron chi connectivity index (χ0n) is 11.9. The van der Waals surface area contributed by atoms with Gasteiger partial charge in [-0.15, -0.1) is 0 Å². The van der Waals surface area contributed by atoms with E-state index >= 15 is 0 Å². The Morgan fingerprint density at radius 1 is 1.24 bits per heavy atom. The molecule has 0 fully saturated rings. The number of hydrogen-bond donors (Lipinski definition) is 2. The molecule has 4 nitrogen and oxygen atoms in total. The summed E-state index contributed by atoms with van der Waals surface area (Å²) in [5.74, 6) is 0.0199. The van der Waals surface area contributed by atoms with Crippen LogP contribution in [0.5, 0.6) is 0 Å². The number of para-hydroxylation sites is 1. The molecule has 1 amide bonds. The number of nitrogens with one attached hydrogen (secondary N) is 2. The third-order valence-electron chi connectivity index (χ3n) is 4.36. The van der Waals surface area contributed by atoms with E-state index in [-0.39, 0.29) is 11.9 Å². The molecule has 21 heavy (non-hydrogen) atoms. The van der Waals surface area contributed by atoms with Gasteiger partial charge in [-0.2, -0.15) is 0 Å². The topological polar surface area (TPSA) is 44.4 Å². The van der Waals surface area contributed by atoms with Gasteiger partial charge in [-0.3, -0.25) is 4.79 Å². The minimum Gasteiger partial charge on any atom is -0.341 e. The molecule has 2 aliphatic heterocycles. The summed E-state index contributed by atoms with van der Waals surface area (Å²) in [6.45, 7) is 0.988. The lowest BCUT2D eigenvalue weighted by Gasteiger charge is -2.20. The van der Waals surface area contributed by atoms with Crippen LogP contribution in [-0.2, 0) is 11.2 Å². The maximum Gasteiger partial charge on any atom is 0.246 e. The number of amides is 1. The molecule has 2 heterocycles. The largest absolute Gasteiger partial charge is 0.341 e. The third kappa shape index (κ3) is 1.83. The van der Waals surface area contributed by atoms with Crippen molar-refractivity contribution < 1.29 is 4.79 Å². The van der Waals surface area contributed by atoms with Gasteiger partial charge in [-0.05, 0) is 37.2 Å². The quantitative estimate of drug-likeness (QED) is 0.888. The number of nitrogens with zero attached hydrogens (tertiary/aromatic N) is 1. The van der Waals surface area contributed by atoms with Gasteiger partial charge in [-0.25, -0.2) is 0 Å². The number of hydrogen-bond acceptors (Lipinski definition) is 3. The number of anilines is 3. The Hall–Kier alpha value is -2.33. The van der Waals surface area contributed by atoms with E-state index in [1.807, 2.05) is 13.1 Å². The van der Waals surface area contributed by atoms with Gasteiger partial charge >= 0.3 is 0 Å². The molecule has 1 atom stereocenters. The van der Waals surface area contributed by atoms with Crippen molar-refractivity contribution in [2.24, 2.45) is 0 Å². The smallest absolute Gasteiger partial charge is 0.246 e. The van der Waals surface area contributed by atoms with Crippen molar-refractivity contribution in [3.05, 3.63) is 53.6 Å². The van der Waals surface area contributed by atoms with Crippen LogP contribution in [-0.4, -0.2) is 19.5 Å². The molecule has 4 heteroatoms. The van der Waals surface area contributed by atoms with Crippen LogP contribution in [0.2, 0.25) is 0 Å². The first-order chi connectivity index (χ1) is 10.3. The Balaban J connectivity index is 1.73. The van der Waals surface area contributed by atoms with Gasteiger partial charge in [0.2, 0.25) is 5.91 Å². The molecule has 0 aromatic heterocycles. The highest BCUT2D eigenvalue weighted by atomic mass is 16.2. The predicted molar refractivity (Wildman–Crippen MR) is 84.0 cm³/mol. The third-order valence-corrected chi connectivity index (χ3v) is 4.36. The van der Waals surface area contributed by atoms with E-state index in [0.29, 0.717) is 0 Å². The van der Waals surface area contributed by atoms with E-state index in [1.54, 1.807) is 0 Å². The summed E-state index contributed by atoms with van der Waals surface area (Å²) in [6, 6.07) is 14.5. The first-order valence-electron chi connectivity index (χ1n) is 7.25. The highest BCUT2D eigenvalue weighted by Gasteiger charge is 2.30. The van der Waals surface area contributed by atoms with Crippen molar-refractivity contribution in [2.45, 2.75) is 12.5 Å². The summed E-state index contributed by atoms with van der Waals surface area (Å²) in [6.07, 6.45) is 1.07. The molecule has 0 spiro atoms. The summed E-state index contributed by atoms with van der Waals surface area (Å²) in [5, 5.41) is 6.01. The number of rotatable bonds is 2. The summed E-state index contributed by atoms with van der Waals surface area (Å²) in [7, 11) is 1.81. The lowest BCUT2D eigenvalue weighted by Crippen LogP contribution is -2.23.